The van der Waals surface area contributed by atoms with E-state index >= 15 is 0 Å². The van der Waals surface area contributed by atoms with E-state index in [2.05, 4.69) is 15.9 Å². The first-order valence-electron chi connectivity index (χ1n) is 9.47. The number of hydrogen-bond donors (Lipinski definition) is 1. The van der Waals surface area contributed by atoms with Crippen molar-refractivity contribution in [3.8, 4) is 22.3 Å². The molecule has 0 saturated carbocycles. The highest BCUT2D eigenvalue weighted by molar-refractivity contribution is 14.1. The van der Waals surface area contributed by atoms with Gasteiger partial charge in [0.05, 0.1) is 5.56 Å². The van der Waals surface area contributed by atoms with Crippen LogP contribution in [0.2, 0.25) is 0 Å². The van der Waals surface area contributed by atoms with E-state index in [1.165, 1.54) is 6.07 Å². The van der Waals surface area contributed by atoms with Gasteiger partial charge in [-0.3, -0.25) is 4.79 Å². The van der Waals surface area contributed by atoms with Crippen molar-refractivity contribution in [2.24, 2.45) is 0 Å². The summed E-state index contributed by atoms with van der Waals surface area (Å²) in [5.74, 6) is -1.45. The summed E-state index contributed by atoms with van der Waals surface area (Å²) in [4.78, 5) is 25.2. The maximum Gasteiger partial charge on any atom is 0.336 e. The number of hydrogen-bond acceptors (Lipinski definition) is 2. The largest absolute Gasteiger partial charge is 0.478 e. The van der Waals surface area contributed by atoms with Gasteiger partial charge in [0.25, 0.3) is 0 Å². The maximum absolute atomic E-state index is 13.4. The lowest BCUT2D eigenvalue weighted by molar-refractivity contribution is 0.0692. The minimum absolute atomic E-state index is 0.00834. The molecule has 3 nitrogen and oxygen atoms in total. The van der Waals surface area contributed by atoms with Gasteiger partial charge in [0.15, 0.2) is 5.78 Å². The molecule has 152 valence electrons. The summed E-state index contributed by atoms with van der Waals surface area (Å²) in [5, 5.41) is 9.63. The minimum atomic E-state index is -1.13. The fourth-order valence-corrected chi connectivity index (χ4v) is 4.29. The Labute approximate surface area is 202 Å². The van der Waals surface area contributed by atoms with Crippen LogP contribution in [0.5, 0.6) is 0 Å². The van der Waals surface area contributed by atoms with Crippen molar-refractivity contribution in [3.05, 3.63) is 116 Å². The normalized spacial score (nSPS) is 10.6. The topological polar surface area (TPSA) is 54.4 Å². The number of carboxylic acid groups (broad SMARTS) is 1. The molecular weight excluding hydrogens is 567 g/mol. The first kappa shape index (κ1) is 21.5. The van der Waals surface area contributed by atoms with Gasteiger partial charge in [-0.15, -0.1) is 0 Å². The maximum atomic E-state index is 13.4. The van der Waals surface area contributed by atoms with E-state index in [1.54, 1.807) is 12.1 Å². The van der Waals surface area contributed by atoms with Crippen molar-refractivity contribution in [1.29, 1.82) is 0 Å². The zero-order valence-electron chi connectivity index (χ0n) is 16.2. The average molecular weight is 583 g/mol. The number of rotatable bonds is 5. The zero-order chi connectivity index (χ0) is 22.0. The highest BCUT2D eigenvalue weighted by Gasteiger charge is 2.21. The highest BCUT2D eigenvalue weighted by Crippen LogP contribution is 2.34. The van der Waals surface area contributed by atoms with Crippen molar-refractivity contribution in [2.75, 3.05) is 0 Å². The standard InChI is InChI=1S/C26H16BrIO3/c27-23-14-21(22(26(30)31)15-24(23)28)25(29)18-11-12-19(16-7-3-1-4-8-16)20(13-18)17-9-5-2-6-10-17/h1-15H,(H,30,31). The van der Waals surface area contributed by atoms with Gasteiger partial charge >= 0.3 is 5.97 Å². The Morgan fingerprint density at radius 1 is 0.710 bits per heavy atom. The fraction of sp³-hybridized carbons (Fsp3) is 0. The van der Waals surface area contributed by atoms with Gasteiger partial charge in [-0.25, -0.2) is 4.79 Å². The Bertz CT molecular complexity index is 1290. The van der Waals surface area contributed by atoms with Gasteiger partial charge in [0, 0.05) is 19.2 Å². The number of carbonyl (C=O) groups is 2. The third kappa shape index (κ3) is 4.48. The van der Waals surface area contributed by atoms with Crippen molar-refractivity contribution in [2.45, 2.75) is 0 Å². The summed E-state index contributed by atoms with van der Waals surface area (Å²) in [6.07, 6.45) is 0. The Morgan fingerprint density at radius 3 is 1.87 bits per heavy atom. The second kappa shape index (κ2) is 9.16. The summed E-state index contributed by atoms with van der Waals surface area (Å²) < 4.78 is 1.42. The molecule has 0 bridgehead atoms. The molecule has 1 N–H and O–H groups in total. The summed E-state index contributed by atoms with van der Waals surface area (Å²) in [5.41, 5.74) is 4.54. The highest BCUT2D eigenvalue weighted by atomic mass is 127. The van der Waals surface area contributed by atoms with Gasteiger partial charge in [-0.05, 0) is 79.0 Å². The number of carboxylic acids is 1. The van der Waals surface area contributed by atoms with Crippen LogP contribution in [0.1, 0.15) is 26.3 Å². The second-order valence-electron chi connectivity index (χ2n) is 6.94. The molecule has 31 heavy (non-hydrogen) atoms. The van der Waals surface area contributed by atoms with E-state index in [4.69, 9.17) is 0 Å². The Kier molecular flexibility index (Phi) is 6.34. The van der Waals surface area contributed by atoms with Gasteiger partial charge in [-0.2, -0.15) is 0 Å². The third-order valence-corrected chi connectivity index (χ3v) is 7.28. The smallest absolute Gasteiger partial charge is 0.336 e. The van der Waals surface area contributed by atoms with Crippen molar-refractivity contribution in [1.82, 2.24) is 0 Å². The molecule has 4 rings (SSSR count). The monoisotopic (exact) mass is 582 g/mol. The van der Waals surface area contributed by atoms with Crippen LogP contribution in [0.3, 0.4) is 0 Å². The molecule has 0 atom stereocenters. The average Bonchev–Trinajstić information content (AvgIpc) is 2.80. The fourth-order valence-electron chi connectivity index (χ4n) is 3.48. The molecule has 0 aliphatic rings. The van der Waals surface area contributed by atoms with E-state index in [-0.39, 0.29) is 16.9 Å². The molecule has 0 unspecified atom stereocenters. The van der Waals surface area contributed by atoms with Crippen molar-refractivity contribution < 1.29 is 14.7 Å². The van der Waals surface area contributed by atoms with Crippen LogP contribution < -0.4 is 0 Å². The molecule has 0 spiro atoms. The molecule has 0 aliphatic heterocycles. The molecule has 0 radical (unpaired) electrons. The van der Waals surface area contributed by atoms with E-state index in [0.29, 0.717) is 10.0 Å². The molecular formula is C26H16BrIO3. The molecule has 0 aromatic heterocycles. The number of aromatic carboxylic acids is 1. The molecule has 0 aliphatic carbocycles. The van der Waals surface area contributed by atoms with Crippen LogP contribution in [0.25, 0.3) is 22.3 Å². The third-order valence-electron chi connectivity index (χ3n) is 4.99. The van der Waals surface area contributed by atoms with E-state index < -0.39 is 5.97 Å². The first-order valence-corrected chi connectivity index (χ1v) is 11.3. The summed E-state index contributed by atoms with van der Waals surface area (Å²) in [7, 11) is 0. The number of benzene rings is 4. The van der Waals surface area contributed by atoms with Gasteiger partial charge in [0.2, 0.25) is 0 Å². The Hall–Kier alpha value is -2.77. The quantitative estimate of drug-likeness (QED) is 0.198. The molecule has 0 saturated heterocycles. The van der Waals surface area contributed by atoms with Crippen molar-refractivity contribution >= 4 is 50.3 Å². The van der Waals surface area contributed by atoms with Gasteiger partial charge in [-0.1, -0.05) is 72.8 Å². The second-order valence-corrected chi connectivity index (χ2v) is 8.96. The van der Waals surface area contributed by atoms with Crippen LogP contribution in [0.15, 0.2) is 95.5 Å². The number of halogens is 2. The van der Waals surface area contributed by atoms with Crippen LogP contribution in [0.4, 0.5) is 0 Å². The molecule has 0 amide bonds. The SMILES string of the molecule is O=C(O)c1cc(I)c(Br)cc1C(=O)c1ccc(-c2ccccc2)c(-c2ccccc2)c1. The van der Waals surface area contributed by atoms with E-state index in [9.17, 15) is 14.7 Å². The minimum Gasteiger partial charge on any atom is -0.478 e. The predicted molar refractivity (Wildman–Crippen MR) is 135 cm³/mol. The van der Waals surface area contributed by atoms with Gasteiger partial charge in [0.1, 0.15) is 0 Å². The van der Waals surface area contributed by atoms with Crippen LogP contribution in [-0.2, 0) is 0 Å². The molecule has 4 aromatic carbocycles. The van der Waals surface area contributed by atoms with Crippen LogP contribution >= 0.6 is 38.5 Å². The molecule has 5 heteroatoms. The van der Waals surface area contributed by atoms with E-state index in [1.807, 2.05) is 95.4 Å². The number of carbonyl (C=O) groups excluding carboxylic acids is 1. The van der Waals surface area contributed by atoms with Gasteiger partial charge < -0.3 is 5.11 Å². The number of ketones is 1. The Balaban J connectivity index is 1.89. The lowest BCUT2D eigenvalue weighted by atomic mass is 9.90. The predicted octanol–water partition coefficient (Wildman–Crippen LogP) is 7.32. The molecule has 0 heterocycles. The summed E-state index contributed by atoms with van der Waals surface area (Å²) in [6, 6.07) is 28.5. The summed E-state index contributed by atoms with van der Waals surface area (Å²) in [6.45, 7) is 0. The molecule has 4 aromatic rings. The summed E-state index contributed by atoms with van der Waals surface area (Å²) >= 11 is 5.45. The Morgan fingerprint density at radius 2 is 1.29 bits per heavy atom. The van der Waals surface area contributed by atoms with Crippen LogP contribution in [0, 0.1) is 3.57 Å². The van der Waals surface area contributed by atoms with E-state index in [0.717, 1.165) is 25.8 Å². The zero-order valence-corrected chi connectivity index (χ0v) is 19.9. The lowest BCUT2D eigenvalue weighted by Gasteiger charge is -2.14. The van der Waals surface area contributed by atoms with Crippen LogP contribution in [-0.4, -0.2) is 16.9 Å². The molecule has 0 fully saturated rings. The van der Waals surface area contributed by atoms with Crippen molar-refractivity contribution in [3.63, 3.8) is 0 Å². The first-order chi connectivity index (χ1) is 15.0. The lowest BCUT2D eigenvalue weighted by Crippen LogP contribution is -2.11.